The average molecular weight is 292 g/mol. The number of nitrogens with zero attached hydrogens (tertiary/aromatic N) is 1. The molecule has 1 heterocycles. The zero-order valence-corrected chi connectivity index (χ0v) is 11.7. The molecule has 0 radical (unpaired) electrons. The summed E-state index contributed by atoms with van der Waals surface area (Å²) in [6.07, 6.45) is -1.18. The number of likely N-dealkylation sites (N-methyl/N-ethyl adjacent to an activating group) is 1. The fourth-order valence-corrected chi connectivity index (χ4v) is 1.60. The van der Waals surface area contributed by atoms with Gasteiger partial charge in [-0.25, -0.2) is 0 Å². The number of pyridine rings is 1. The van der Waals surface area contributed by atoms with Crippen LogP contribution in [0.5, 0.6) is 5.75 Å². The van der Waals surface area contributed by atoms with E-state index in [4.69, 9.17) is 4.74 Å². The van der Waals surface area contributed by atoms with Crippen LogP contribution < -0.4 is 10.1 Å². The van der Waals surface area contributed by atoms with Crippen LogP contribution in [0.25, 0.3) is 0 Å². The van der Waals surface area contributed by atoms with Gasteiger partial charge in [0.05, 0.1) is 24.9 Å². The molecule has 0 amide bonds. The van der Waals surface area contributed by atoms with E-state index >= 15 is 0 Å². The van der Waals surface area contributed by atoms with Gasteiger partial charge in [-0.3, -0.25) is 4.98 Å². The largest absolute Gasteiger partial charge is 0.489 e. The van der Waals surface area contributed by atoms with E-state index in [2.05, 4.69) is 15.0 Å². The molecule has 1 aromatic heterocycles. The fraction of sp³-hybridized carbons (Fsp3) is 0.615. The number of ether oxygens (including phenoxy) is 2. The first-order valence-electron chi connectivity index (χ1n) is 6.25. The van der Waals surface area contributed by atoms with Crippen molar-refractivity contribution >= 4 is 0 Å². The molecule has 114 valence electrons. The van der Waals surface area contributed by atoms with Crippen LogP contribution in [0.1, 0.15) is 25.5 Å². The van der Waals surface area contributed by atoms with Gasteiger partial charge in [0.2, 0.25) is 0 Å². The van der Waals surface area contributed by atoms with Crippen LogP contribution in [-0.4, -0.2) is 37.5 Å². The molecule has 1 aromatic rings. The van der Waals surface area contributed by atoms with Crippen LogP contribution in [0.15, 0.2) is 18.5 Å². The predicted octanol–water partition coefficient (Wildman–Crippen LogP) is 2.71. The van der Waals surface area contributed by atoms with Crippen molar-refractivity contribution in [1.82, 2.24) is 10.3 Å². The van der Waals surface area contributed by atoms with Crippen molar-refractivity contribution in [3.8, 4) is 5.75 Å². The van der Waals surface area contributed by atoms with E-state index in [-0.39, 0.29) is 18.8 Å². The van der Waals surface area contributed by atoms with Gasteiger partial charge in [0.25, 0.3) is 0 Å². The third-order valence-corrected chi connectivity index (χ3v) is 2.41. The van der Waals surface area contributed by atoms with E-state index in [9.17, 15) is 13.2 Å². The molecule has 0 aromatic carbocycles. The number of alkyl halides is 3. The molecule has 0 saturated carbocycles. The Labute approximate surface area is 116 Å². The molecule has 20 heavy (non-hydrogen) atoms. The summed E-state index contributed by atoms with van der Waals surface area (Å²) in [6, 6.07) is 1.37. The first-order chi connectivity index (χ1) is 9.31. The third kappa shape index (κ3) is 6.21. The average Bonchev–Trinajstić information content (AvgIpc) is 2.33. The Balaban J connectivity index is 2.64. The Hall–Kier alpha value is -1.34. The summed E-state index contributed by atoms with van der Waals surface area (Å²) >= 11 is 0. The lowest BCUT2D eigenvalue weighted by molar-refractivity contribution is -0.175. The highest BCUT2D eigenvalue weighted by molar-refractivity contribution is 5.26. The first kappa shape index (κ1) is 16.7. The zero-order valence-electron chi connectivity index (χ0n) is 11.7. The second kappa shape index (κ2) is 7.44. The molecular formula is C13H19F3N2O2. The lowest BCUT2D eigenvalue weighted by Crippen LogP contribution is -2.25. The summed E-state index contributed by atoms with van der Waals surface area (Å²) in [6.45, 7) is 2.41. The number of nitrogens with one attached hydrogen (secondary N) is 1. The van der Waals surface area contributed by atoms with Crippen LogP contribution in [0.2, 0.25) is 0 Å². The molecule has 4 nitrogen and oxygen atoms in total. The summed E-state index contributed by atoms with van der Waals surface area (Å²) in [5.41, 5.74) is 0.716. The van der Waals surface area contributed by atoms with E-state index in [1.54, 1.807) is 25.5 Å². The SMILES string of the molecule is CNC(COCC(F)(F)F)c1cncc(OC(C)C)c1. The summed E-state index contributed by atoms with van der Waals surface area (Å²) in [5, 5.41) is 2.90. The highest BCUT2D eigenvalue weighted by Gasteiger charge is 2.28. The Morgan fingerprint density at radius 3 is 2.55 bits per heavy atom. The van der Waals surface area contributed by atoms with Crippen molar-refractivity contribution in [1.29, 1.82) is 0 Å². The summed E-state index contributed by atoms with van der Waals surface area (Å²) in [5.74, 6) is 0.577. The topological polar surface area (TPSA) is 43.4 Å². The monoisotopic (exact) mass is 292 g/mol. The fourth-order valence-electron chi connectivity index (χ4n) is 1.60. The maximum absolute atomic E-state index is 12.0. The van der Waals surface area contributed by atoms with Crippen LogP contribution in [-0.2, 0) is 4.74 Å². The lowest BCUT2D eigenvalue weighted by atomic mass is 10.1. The van der Waals surface area contributed by atoms with Crippen LogP contribution in [0.4, 0.5) is 13.2 Å². The molecule has 0 aliphatic heterocycles. The number of hydrogen-bond acceptors (Lipinski definition) is 4. The molecule has 1 N–H and O–H groups in total. The molecule has 0 aliphatic carbocycles. The van der Waals surface area contributed by atoms with Gasteiger partial charge in [-0.05, 0) is 32.5 Å². The van der Waals surface area contributed by atoms with Gasteiger partial charge in [-0.1, -0.05) is 0 Å². The molecule has 1 rings (SSSR count). The van der Waals surface area contributed by atoms with Crippen LogP contribution in [0, 0.1) is 0 Å². The second-order valence-electron chi connectivity index (χ2n) is 4.59. The molecule has 1 atom stereocenters. The van der Waals surface area contributed by atoms with Gasteiger partial charge in [-0.2, -0.15) is 13.2 Å². The molecule has 7 heteroatoms. The number of hydrogen-bond donors (Lipinski definition) is 1. The normalized spacial score (nSPS) is 13.6. The number of rotatable bonds is 7. The maximum Gasteiger partial charge on any atom is 0.411 e. The Kier molecular flexibility index (Phi) is 6.22. The summed E-state index contributed by atoms with van der Waals surface area (Å²) < 4.78 is 46.3. The summed E-state index contributed by atoms with van der Waals surface area (Å²) in [7, 11) is 1.65. The van der Waals surface area contributed by atoms with Crippen molar-refractivity contribution in [2.75, 3.05) is 20.3 Å². The Morgan fingerprint density at radius 1 is 1.30 bits per heavy atom. The van der Waals surface area contributed by atoms with Crippen molar-refractivity contribution in [2.24, 2.45) is 0 Å². The van der Waals surface area contributed by atoms with E-state index in [1.807, 2.05) is 13.8 Å². The van der Waals surface area contributed by atoms with E-state index in [0.717, 1.165) is 0 Å². The quantitative estimate of drug-likeness (QED) is 0.839. The maximum atomic E-state index is 12.0. The van der Waals surface area contributed by atoms with Gasteiger partial charge in [0.15, 0.2) is 0 Å². The Bertz CT molecular complexity index is 411. The minimum absolute atomic E-state index is 0.00145. The van der Waals surface area contributed by atoms with E-state index in [0.29, 0.717) is 11.3 Å². The van der Waals surface area contributed by atoms with Gasteiger partial charge in [-0.15, -0.1) is 0 Å². The predicted molar refractivity (Wildman–Crippen MR) is 68.7 cm³/mol. The molecular weight excluding hydrogens is 273 g/mol. The lowest BCUT2D eigenvalue weighted by Gasteiger charge is -2.18. The van der Waals surface area contributed by atoms with Crippen molar-refractivity contribution in [3.63, 3.8) is 0 Å². The van der Waals surface area contributed by atoms with Crippen molar-refractivity contribution in [2.45, 2.75) is 32.2 Å². The van der Waals surface area contributed by atoms with Gasteiger partial charge in [0, 0.05) is 6.20 Å². The molecule has 0 spiro atoms. The molecule has 0 fully saturated rings. The summed E-state index contributed by atoms with van der Waals surface area (Å²) in [4.78, 5) is 4.02. The van der Waals surface area contributed by atoms with E-state index in [1.165, 1.54) is 0 Å². The Morgan fingerprint density at radius 2 is 2.00 bits per heavy atom. The number of aromatic nitrogens is 1. The minimum Gasteiger partial charge on any atom is -0.489 e. The van der Waals surface area contributed by atoms with Crippen LogP contribution >= 0.6 is 0 Å². The van der Waals surface area contributed by atoms with Gasteiger partial charge in [0.1, 0.15) is 12.4 Å². The molecule has 0 bridgehead atoms. The highest BCUT2D eigenvalue weighted by Crippen LogP contribution is 2.20. The van der Waals surface area contributed by atoms with Crippen molar-refractivity contribution < 1.29 is 22.6 Å². The molecule has 0 aliphatic rings. The first-order valence-corrected chi connectivity index (χ1v) is 6.25. The third-order valence-electron chi connectivity index (χ3n) is 2.41. The smallest absolute Gasteiger partial charge is 0.411 e. The van der Waals surface area contributed by atoms with E-state index < -0.39 is 12.8 Å². The van der Waals surface area contributed by atoms with Gasteiger partial charge < -0.3 is 14.8 Å². The second-order valence-corrected chi connectivity index (χ2v) is 4.59. The van der Waals surface area contributed by atoms with Crippen LogP contribution in [0.3, 0.4) is 0 Å². The molecule has 1 unspecified atom stereocenters. The minimum atomic E-state index is -4.32. The number of halogens is 3. The van der Waals surface area contributed by atoms with Gasteiger partial charge >= 0.3 is 6.18 Å². The zero-order chi connectivity index (χ0) is 15.2. The molecule has 0 saturated heterocycles. The van der Waals surface area contributed by atoms with Crippen molar-refractivity contribution in [3.05, 3.63) is 24.0 Å². The highest BCUT2D eigenvalue weighted by atomic mass is 19.4. The standard InChI is InChI=1S/C13H19F3N2O2/c1-9(2)20-11-4-10(5-18-6-11)12(17-3)7-19-8-13(14,15)16/h4-6,9,12,17H,7-8H2,1-3H3.